The maximum absolute atomic E-state index is 5.71. The van der Waals surface area contributed by atoms with Crippen LogP contribution in [0.1, 0.15) is 20.3 Å². The number of halogens is 1. The van der Waals surface area contributed by atoms with Crippen LogP contribution in [0.2, 0.25) is 0 Å². The molecular formula is C11H17BrN4. The fourth-order valence-electron chi connectivity index (χ4n) is 2.08. The normalized spacial score (nSPS) is 20.8. The largest absolute Gasteiger partial charge is 0.383 e. The zero-order chi connectivity index (χ0) is 11.7. The number of rotatable bonds is 2. The Morgan fingerprint density at radius 2 is 2.25 bits per heavy atom. The van der Waals surface area contributed by atoms with Gasteiger partial charge in [0.1, 0.15) is 10.4 Å². The van der Waals surface area contributed by atoms with Crippen LogP contribution in [0.25, 0.3) is 0 Å². The van der Waals surface area contributed by atoms with Crippen LogP contribution >= 0.6 is 15.9 Å². The Balaban J connectivity index is 2.14. The molecule has 2 rings (SSSR count). The minimum absolute atomic E-state index is 0.518. The van der Waals surface area contributed by atoms with Gasteiger partial charge in [-0.05, 0) is 34.2 Å². The van der Waals surface area contributed by atoms with E-state index in [4.69, 9.17) is 5.73 Å². The summed E-state index contributed by atoms with van der Waals surface area (Å²) in [5, 5.41) is 0. The summed E-state index contributed by atoms with van der Waals surface area (Å²) in [7, 11) is 0. The molecule has 0 saturated carbocycles. The summed E-state index contributed by atoms with van der Waals surface area (Å²) in [6.45, 7) is 6.60. The van der Waals surface area contributed by atoms with Crippen molar-refractivity contribution in [1.29, 1.82) is 0 Å². The van der Waals surface area contributed by atoms with Crippen molar-refractivity contribution in [3.8, 4) is 0 Å². The predicted molar refractivity (Wildman–Crippen MR) is 69.3 cm³/mol. The molecule has 1 fully saturated rings. The number of nitrogen functional groups attached to an aromatic ring is 1. The van der Waals surface area contributed by atoms with Gasteiger partial charge in [0, 0.05) is 19.2 Å². The molecule has 16 heavy (non-hydrogen) atoms. The highest BCUT2D eigenvalue weighted by atomic mass is 79.9. The van der Waals surface area contributed by atoms with Crippen molar-refractivity contribution < 1.29 is 0 Å². The molecular weight excluding hydrogens is 268 g/mol. The average molecular weight is 285 g/mol. The lowest BCUT2D eigenvalue weighted by Gasteiger charge is -2.18. The van der Waals surface area contributed by atoms with E-state index in [9.17, 15) is 0 Å². The monoisotopic (exact) mass is 284 g/mol. The molecule has 0 radical (unpaired) electrons. The third kappa shape index (κ3) is 2.45. The highest BCUT2D eigenvalue weighted by molar-refractivity contribution is 9.10. The van der Waals surface area contributed by atoms with Crippen LogP contribution < -0.4 is 10.6 Å². The highest BCUT2D eigenvalue weighted by Crippen LogP contribution is 2.27. The van der Waals surface area contributed by atoms with Gasteiger partial charge in [-0.1, -0.05) is 13.8 Å². The van der Waals surface area contributed by atoms with E-state index in [1.165, 1.54) is 6.42 Å². The van der Waals surface area contributed by atoms with Crippen molar-refractivity contribution >= 4 is 27.7 Å². The Morgan fingerprint density at radius 3 is 2.81 bits per heavy atom. The second-order valence-electron chi connectivity index (χ2n) is 4.65. The average Bonchev–Trinajstić information content (AvgIpc) is 2.64. The molecule has 1 aromatic heterocycles. The molecule has 1 atom stereocenters. The second kappa shape index (κ2) is 4.57. The molecule has 1 aromatic rings. The van der Waals surface area contributed by atoms with Crippen LogP contribution in [0, 0.1) is 11.8 Å². The van der Waals surface area contributed by atoms with Gasteiger partial charge in [0.2, 0.25) is 5.95 Å². The Hall–Kier alpha value is -0.840. The standard InChI is InChI=1S/C11H17BrN4/c1-7(2)8-3-4-16(6-8)11-14-9(12)5-10(13)15-11/h5,7-8H,3-4,6H2,1-2H3,(H2,13,14,15). The van der Waals surface area contributed by atoms with Crippen LogP contribution in [-0.2, 0) is 0 Å². The smallest absolute Gasteiger partial charge is 0.228 e. The van der Waals surface area contributed by atoms with E-state index in [0.717, 1.165) is 35.5 Å². The first-order chi connectivity index (χ1) is 7.56. The van der Waals surface area contributed by atoms with Crippen molar-refractivity contribution in [2.24, 2.45) is 11.8 Å². The van der Waals surface area contributed by atoms with Gasteiger partial charge in [0.05, 0.1) is 0 Å². The zero-order valence-corrected chi connectivity index (χ0v) is 11.2. The van der Waals surface area contributed by atoms with Crippen molar-refractivity contribution in [1.82, 2.24) is 9.97 Å². The first kappa shape index (κ1) is 11.6. The maximum Gasteiger partial charge on any atom is 0.228 e. The van der Waals surface area contributed by atoms with Gasteiger partial charge in [0.15, 0.2) is 0 Å². The molecule has 0 aromatic carbocycles. The van der Waals surface area contributed by atoms with Crippen molar-refractivity contribution in [2.45, 2.75) is 20.3 Å². The fraction of sp³-hybridized carbons (Fsp3) is 0.636. The molecule has 2 N–H and O–H groups in total. The molecule has 1 aliphatic rings. The Kier molecular flexibility index (Phi) is 3.33. The van der Waals surface area contributed by atoms with Gasteiger partial charge in [0.25, 0.3) is 0 Å². The van der Waals surface area contributed by atoms with E-state index in [2.05, 4.69) is 44.6 Å². The summed E-state index contributed by atoms with van der Waals surface area (Å²) in [4.78, 5) is 10.8. The van der Waals surface area contributed by atoms with E-state index < -0.39 is 0 Å². The number of hydrogen-bond donors (Lipinski definition) is 1. The molecule has 0 bridgehead atoms. The maximum atomic E-state index is 5.71. The third-order valence-corrected chi connectivity index (χ3v) is 3.56. The molecule has 1 aliphatic heterocycles. The molecule has 1 saturated heterocycles. The molecule has 4 nitrogen and oxygen atoms in total. The molecule has 1 unspecified atom stereocenters. The lowest BCUT2D eigenvalue weighted by atomic mass is 9.95. The van der Waals surface area contributed by atoms with E-state index in [1.54, 1.807) is 6.07 Å². The number of anilines is 2. The lowest BCUT2D eigenvalue weighted by Crippen LogP contribution is -2.23. The van der Waals surface area contributed by atoms with Crippen molar-refractivity contribution in [2.75, 3.05) is 23.7 Å². The van der Waals surface area contributed by atoms with E-state index >= 15 is 0 Å². The van der Waals surface area contributed by atoms with Gasteiger partial charge >= 0.3 is 0 Å². The number of nitrogens with two attached hydrogens (primary N) is 1. The van der Waals surface area contributed by atoms with Gasteiger partial charge in [-0.25, -0.2) is 4.98 Å². The second-order valence-corrected chi connectivity index (χ2v) is 5.47. The quantitative estimate of drug-likeness (QED) is 0.847. The predicted octanol–water partition coefficient (Wildman–Crippen LogP) is 2.30. The Morgan fingerprint density at radius 1 is 1.50 bits per heavy atom. The number of aromatic nitrogens is 2. The van der Waals surface area contributed by atoms with Crippen LogP contribution in [-0.4, -0.2) is 23.1 Å². The van der Waals surface area contributed by atoms with Crippen LogP contribution in [0.5, 0.6) is 0 Å². The molecule has 5 heteroatoms. The summed E-state index contributed by atoms with van der Waals surface area (Å²) in [5.74, 6) is 2.72. The van der Waals surface area contributed by atoms with Crippen LogP contribution in [0.3, 0.4) is 0 Å². The molecule has 0 spiro atoms. The van der Waals surface area contributed by atoms with E-state index in [-0.39, 0.29) is 0 Å². The summed E-state index contributed by atoms with van der Waals surface area (Å²) in [6, 6.07) is 1.72. The van der Waals surface area contributed by atoms with Gasteiger partial charge in [-0.3, -0.25) is 0 Å². The molecule has 2 heterocycles. The van der Waals surface area contributed by atoms with Crippen molar-refractivity contribution in [3.63, 3.8) is 0 Å². The first-order valence-electron chi connectivity index (χ1n) is 5.61. The Labute approximate surface area is 104 Å². The summed E-state index contributed by atoms with van der Waals surface area (Å²) in [6.07, 6.45) is 1.22. The van der Waals surface area contributed by atoms with Gasteiger partial charge < -0.3 is 10.6 Å². The zero-order valence-electron chi connectivity index (χ0n) is 9.65. The fourth-order valence-corrected chi connectivity index (χ4v) is 2.47. The number of hydrogen-bond acceptors (Lipinski definition) is 4. The van der Waals surface area contributed by atoms with Gasteiger partial charge in [-0.15, -0.1) is 0 Å². The first-order valence-corrected chi connectivity index (χ1v) is 6.40. The summed E-state index contributed by atoms with van der Waals surface area (Å²) >= 11 is 3.35. The lowest BCUT2D eigenvalue weighted by molar-refractivity contribution is 0.422. The minimum atomic E-state index is 0.518. The Bertz CT molecular complexity index is 360. The summed E-state index contributed by atoms with van der Waals surface area (Å²) in [5.41, 5.74) is 5.71. The van der Waals surface area contributed by atoms with Crippen LogP contribution in [0.15, 0.2) is 10.7 Å². The number of nitrogens with zero attached hydrogens (tertiary/aromatic N) is 3. The van der Waals surface area contributed by atoms with Gasteiger partial charge in [-0.2, -0.15) is 4.98 Å². The van der Waals surface area contributed by atoms with E-state index in [1.807, 2.05) is 0 Å². The SMILES string of the molecule is CC(C)C1CCN(c2nc(N)cc(Br)n2)C1. The third-order valence-electron chi connectivity index (χ3n) is 3.15. The molecule has 88 valence electrons. The molecule has 0 aliphatic carbocycles. The summed E-state index contributed by atoms with van der Waals surface area (Å²) < 4.78 is 0.753. The van der Waals surface area contributed by atoms with Crippen molar-refractivity contribution in [3.05, 3.63) is 10.7 Å². The highest BCUT2D eigenvalue weighted by Gasteiger charge is 2.26. The molecule has 0 amide bonds. The topological polar surface area (TPSA) is 55.0 Å². The minimum Gasteiger partial charge on any atom is -0.383 e. The van der Waals surface area contributed by atoms with E-state index in [0.29, 0.717) is 5.82 Å². The van der Waals surface area contributed by atoms with Crippen LogP contribution in [0.4, 0.5) is 11.8 Å².